The van der Waals surface area contributed by atoms with Gasteiger partial charge in [0.05, 0.1) is 5.69 Å². The van der Waals surface area contributed by atoms with Crippen LogP contribution in [0.3, 0.4) is 0 Å². The first kappa shape index (κ1) is 14.4. The second-order valence-corrected chi connectivity index (χ2v) is 5.20. The van der Waals surface area contributed by atoms with Crippen molar-refractivity contribution in [1.29, 1.82) is 0 Å². The van der Waals surface area contributed by atoms with Crippen LogP contribution in [0.4, 0.5) is 0 Å². The molecule has 22 heavy (non-hydrogen) atoms. The number of hydrogen-bond donors (Lipinski definition) is 0. The molecule has 3 rings (SSSR count). The number of carbonyl (C=O) groups excluding carboxylic acids is 1. The Morgan fingerprint density at radius 3 is 2.77 bits per heavy atom. The van der Waals surface area contributed by atoms with E-state index in [9.17, 15) is 4.79 Å². The monoisotopic (exact) mass is 309 g/mol. The van der Waals surface area contributed by atoms with E-state index in [2.05, 4.69) is 15.0 Å². The minimum Gasteiger partial charge on any atom is -0.292 e. The van der Waals surface area contributed by atoms with Crippen LogP contribution in [0.1, 0.15) is 16.1 Å². The van der Waals surface area contributed by atoms with E-state index >= 15 is 0 Å². The van der Waals surface area contributed by atoms with Crippen LogP contribution in [0.25, 0.3) is 11.3 Å². The molecule has 0 bridgehead atoms. The van der Waals surface area contributed by atoms with Gasteiger partial charge >= 0.3 is 0 Å². The zero-order chi connectivity index (χ0) is 15.4. The van der Waals surface area contributed by atoms with Crippen molar-refractivity contribution >= 4 is 17.4 Å². The maximum atomic E-state index is 12.3. The Hall–Kier alpha value is -2.59. The number of rotatable bonds is 4. The van der Waals surface area contributed by atoms with Gasteiger partial charge in [-0.3, -0.25) is 9.78 Å². The highest BCUT2D eigenvalue weighted by Gasteiger charge is 2.11. The highest BCUT2D eigenvalue weighted by Crippen LogP contribution is 2.21. The SMILES string of the molecule is O=C(Cc1cccnc1)c1cc(-c2cccc(Cl)c2)ncn1. The van der Waals surface area contributed by atoms with E-state index in [1.807, 2.05) is 18.2 Å². The lowest BCUT2D eigenvalue weighted by atomic mass is 10.1. The number of benzene rings is 1. The Balaban J connectivity index is 1.86. The molecule has 0 fully saturated rings. The summed E-state index contributed by atoms with van der Waals surface area (Å²) in [5.74, 6) is -0.0707. The molecule has 0 radical (unpaired) electrons. The average molecular weight is 310 g/mol. The van der Waals surface area contributed by atoms with E-state index in [1.54, 1.807) is 36.7 Å². The van der Waals surface area contributed by atoms with Gasteiger partial charge in [-0.2, -0.15) is 0 Å². The fourth-order valence-electron chi connectivity index (χ4n) is 2.09. The molecule has 108 valence electrons. The van der Waals surface area contributed by atoms with E-state index in [-0.39, 0.29) is 12.2 Å². The van der Waals surface area contributed by atoms with Gasteiger partial charge in [-0.25, -0.2) is 9.97 Å². The second kappa shape index (κ2) is 6.45. The first-order chi connectivity index (χ1) is 10.7. The lowest BCUT2D eigenvalue weighted by molar-refractivity contribution is 0.0988. The van der Waals surface area contributed by atoms with Crippen molar-refractivity contribution in [1.82, 2.24) is 15.0 Å². The number of ketones is 1. The van der Waals surface area contributed by atoms with E-state index in [4.69, 9.17) is 11.6 Å². The Labute approximate surface area is 132 Å². The molecule has 0 N–H and O–H groups in total. The Morgan fingerprint density at radius 2 is 2.00 bits per heavy atom. The van der Waals surface area contributed by atoms with Crippen LogP contribution in [0, 0.1) is 0 Å². The Morgan fingerprint density at radius 1 is 1.09 bits per heavy atom. The predicted molar refractivity (Wildman–Crippen MR) is 84.7 cm³/mol. The van der Waals surface area contributed by atoms with Crippen molar-refractivity contribution in [3.05, 3.63) is 77.5 Å². The van der Waals surface area contributed by atoms with E-state index in [0.717, 1.165) is 11.1 Å². The number of hydrogen-bond acceptors (Lipinski definition) is 4. The molecule has 4 nitrogen and oxygen atoms in total. The second-order valence-electron chi connectivity index (χ2n) is 4.76. The van der Waals surface area contributed by atoms with E-state index in [0.29, 0.717) is 16.4 Å². The summed E-state index contributed by atoms with van der Waals surface area (Å²) in [6.07, 6.45) is 5.01. The molecule has 0 unspecified atom stereocenters. The molecular formula is C17H12ClN3O. The third kappa shape index (κ3) is 3.35. The highest BCUT2D eigenvalue weighted by molar-refractivity contribution is 6.30. The fourth-order valence-corrected chi connectivity index (χ4v) is 2.28. The van der Waals surface area contributed by atoms with Gasteiger partial charge < -0.3 is 0 Å². The number of carbonyl (C=O) groups is 1. The van der Waals surface area contributed by atoms with E-state index < -0.39 is 0 Å². The van der Waals surface area contributed by atoms with Crippen molar-refractivity contribution in [2.45, 2.75) is 6.42 Å². The summed E-state index contributed by atoms with van der Waals surface area (Å²) in [5, 5.41) is 0.624. The predicted octanol–water partition coefficient (Wildman–Crippen LogP) is 3.62. The van der Waals surface area contributed by atoms with Gasteiger partial charge in [-0.15, -0.1) is 0 Å². The zero-order valence-corrected chi connectivity index (χ0v) is 12.4. The molecular weight excluding hydrogens is 298 g/mol. The van der Waals surface area contributed by atoms with Crippen LogP contribution in [0.2, 0.25) is 5.02 Å². The minimum atomic E-state index is -0.0707. The molecule has 0 aliphatic carbocycles. The minimum absolute atomic E-state index is 0.0707. The van der Waals surface area contributed by atoms with E-state index in [1.165, 1.54) is 6.33 Å². The van der Waals surface area contributed by atoms with Gasteiger partial charge in [0, 0.05) is 29.4 Å². The van der Waals surface area contributed by atoms with Crippen molar-refractivity contribution in [2.75, 3.05) is 0 Å². The van der Waals surface area contributed by atoms with Crippen LogP contribution >= 0.6 is 11.6 Å². The van der Waals surface area contributed by atoms with Gasteiger partial charge in [0.15, 0.2) is 5.78 Å². The van der Waals surface area contributed by atoms with Crippen molar-refractivity contribution in [3.8, 4) is 11.3 Å². The van der Waals surface area contributed by atoms with Crippen LogP contribution in [-0.4, -0.2) is 20.7 Å². The molecule has 0 aliphatic heterocycles. The van der Waals surface area contributed by atoms with Crippen molar-refractivity contribution in [2.24, 2.45) is 0 Å². The molecule has 0 saturated heterocycles. The molecule has 0 aliphatic rings. The fraction of sp³-hybridized carbons (Fsp3) is 0.0588. The quantitative estimate of drug-likeness (QED) is 0.691. The van der Waals surface area contributed by atoms with Crippen LogP contribution < -0.4 is 0 Å². The molecule has 5 heteroatoms. The third-order valence-electron chi connectivity index (χ3n) is 3.16. The molecule has 0 spiro atoms. The number of halogens is 1. The standard InChI is InChI=1S/C17H12ClN3O/c18-14-5-1-4-13(8-14)15-9-16(21-11-20-15)17(22)7-12-3-2-6-19-10-12/h1-6,8-11H,7H2. The first-order valence-corrected chi connectivity index (χ1v) is 7.10. The number of Topliss-reactive ketones (excluding diaryl/α,β-unsaturated/α-hetero) is 1. The Bertz CT molecular complexity index is 806. The molecule has 2 aromatic heterocycles. The van der Waals surface area contributed by atoms with Crippen LogP contribution in [0.5, 0.6) is 0 Å². The number of aromatic nitrogens is 3. The van der Waals surface area contributed by atoms with Gasteiger partial charge in [-0.1, -0.05) is 29.8 Å². The molecule has 3 aromatic rings. The molecule has 0 atom stereocenters. The van der Waals surface area contributed by atoms with Gasteiger partial charge in [0.25, 0.3) is 0 Å². The number of pyridine rings is 1. The zero-order valence-electron chi connectivity index (χ0n) is 11.6. The largest absolute Gasteiger partial charge is 0.292 e. The molecule has 2 heterocycles. The summed E-state index contributed by atoms with van der Waals surface area (Å²) in [5.41, 5.74) is 2.77. The highest BCUT2D eigenvalue weighted by atomic mass is 35.5. The molecule has 0 saturated carbocycles. The Kier molecular flexibility index (Phi) is 4.21. The molecule has 1 aromatic carbocycles. The lowest BCUT2D eigenvalue weighted by Gasteiger charge is -2.04. The van der Waals surface area contributed by atoms with Gasteiger partial charge in [-0.05, 0) is 29.8 Å². The summed E-state index contributed by atoms with van der Waals surface area (Å²) in [6, 6.07) is 12.7. The third-order valence-corrected chi connectivity index (χ3v) is 3.40. The summed E-state index contributed by atoms with van der Waals surface area (Å²) >= 11 is 5.99. The topological polar surface area (TPSA) is 55.7 Å². The van der Waals surface area contributed by atoms with Crippen molar-refractivity contribution in [3.63, 3.8) is 0 Å². The smallest absolute Gasteiger partial charge is 0.185 e. The van der Waals surface area contributed by atoms with Crippen LogP contribution in [0.15, 0.2) is 61.2 Å². The summed E-state index contributed by atoms with van der Waals surface area (Å²) in [6.45, 7) is 0. The van der Waals surface area contributed by atoms with Crippen molar-refractivity contribution < 1.29 is 4.79 Å². The van der Waals surface area contributed by atoms with Crippen LogP contribution in [-0.2, 0) is 6.42 Å². The maximum Gasteiger partial charge on any atom is 0.185 e. The maximum absolute atomic E-state index is 12.3. The van der Waals surface area contributed by atoms with Gasteiger partial charge in [0.2, 0.25) is 0 Å². The lowest BCUT2D eigenvalue weighted by Crippen LogP contribution is -2.07. The normalized spacial score (nSPS) is 10.4. The number of nitrogens with zero attached hydrogens (tertiary/aromatic N) is 3. The summed E-state index contributed by atoms with van der Waals surface area (Å²) in [7, 11) is 0. The average Bonchev–Trinajstić information content (AvgIpc) is 2.56. The molecule has 0 amide bonds. The summed E-state index contributed by atoms with van der Waals surface area (Å²) < 4.78 is 0. The van der Waals surface area contributed by atoms with Gasteiger partial charge in [0.1, 0.15) is 12.0 Å². The first-order valence-electron chi connectivity index (χ1n) is 6.72. The summed E-state index contributed by atoms with van der Waals surface area (Å²) in [4.78, 5) is 24.6.